The Bertz CT molecular complexity index is 516. The molecule has 0 amide bonds. The first kappa shape index (κ1) is 12.8. The molecule has 1 atom stereocenters. The molecule has 5 heteroatoms. The smallest absolute Gasteiger partial charge is 0.196 e. The minimum atomic E-state index is -0.0257. The SMILES string of the molecule is CN1CCCC2(CN=C(N)N2c2ccccc2Cl)C1. The standard InChI is InChI=1S/C14H19ClN4/c1-18-8-4-7-14(10-18)9-17-13(16)19(14)12-6-3-2-5-11(12)15/h2-3,5-6H,4,7-10H2,1H3,(H2,16,17). The maximum Gasteiger partial charge on any atom is 0.196 e. The molecule has 1 aromatic rings. The van der Waals surface area contributed by atoms with E-state index in [0.29, 0.717) is 5.96 Å². The third-order valence-electron chi connectivity index (χ3n) is 4.08. The van der Waals surface area contributed by atoms with E-state index in [2.05, 4.69) is 21.8 Å². The number of piperidine rings is 1. The number of para-hydroxylation sites is 1. The second-order valence-corrected chi connectivity index (χ2v) is 5.93. The third-order valence-corrected chi connectivity index (χ3v) is 4.40. The fourth-order valence-corrected chi connectivity index (χ4v) is 3.49. The molecule has 4 nitrogen and oxygen atoms in total. The molecule has 102 valence electrons. The summed E-state index contributed by atoms with van der Waals surface area (Å²) in [5.41, 5.74) is 7.07. The Balaban J connectivity index is 2.01. The van der Waals surface area contributed by atoms with Crippen molar-refractivity contribution in [3.05, 3.63) is 29.3 Å². The van der Waals surface area contributed by atoms with E-state index < -0.39 is 0 Å². The van der Waals surface area contributed by atoms with Gasteiger partial charge in [0.2, 0.25) is 0 Å². The number of rotatable bonds is 1. The van der Waals surface area contributed by atoms with E-state index in [9.17, 15) is 0 Å². The van der Waals surface area contributed by atoms with Gasteiger partial charge in [0.15, 0.2) is 5.96 Å². The molecule has 1 spiro atoms. The maximum atomic E-state index is 6.34. The molecular formula is C14H19ClN4. The molecule has 2 N–H and O–H groups in total. The first-order valence-corrected chi connectivity index (χ1v) is 7.03. The molecule has 1 saturated heterocycles. The van der Waals surface area contributed by atoms with Crippen LogP contribution in [0.5, 0.6) is 0 Å². The number of hydrogen-bond donors (Lipinski definition) is 1. The van der Waals surface area contributed by atoms with Gasteiger partial charge < -0.3 is 15.5 Å². The lowest BCUT2D eigenvalue weighted by Gasteiger charge is -2.45. The Morgan fingerprint density at radius 1 is 1.37 bits per heavy atom. The van der Waals surface area contributed by atoms with Crippen molar-refractivity contribution in [2.75, 3.05) is 31.6 Å². The van der Waals surface area contributed by atoms with Crippen molar-refractivity contribution in [2.24, 2.45) is 10.7 Å². The van der Waals surface area contributed by atoms with Gasteiger partial charge in [-0.05, 0) is 38.6 Å². The Labute approximate surface area is 118 Å². The summed E-state index contributed by atoms with van der Waals surface area (Å²) in [7, 11) is 2.15. The monoisotopic (exact) mass is 278 g/mol. The Kier molecular flexibility index (Phi) is 3.15. The van der Waals surface area contributed by atoms with Crippen LogP contribution in [0.1, 0.15) is 12.8 Å². The van der Waals surface area contributed by atoms with Crippen LogP contribution in [0.3, 0.4) is 0 Å². The summed E-state index contributed by atoms with van der Waals surface area (Å²) in [4.78, 5) is 8.97. The van der Waals surface area contributed by atoms with Crippen LogP contribution in [0.25, 0.3) is 0 Å². The van der Waals surface area contributed by atoms with Gasteiger partial charge in [-0.3, -0.25) is 4.99 Å². The predicted octanol–water partition coefficient (Wildman–Crippen LogP) is 1.94. The fraction of sp³-hybridized carbons (Fsp3) is 0.500. The second kappa shape index (κ2) is 4.69. The van der Waals surface area contributed by atoms with Gasteiger partial charge >= 0.3 is 0 Å². The molecule has 0 aromatic heterocycles. The highest BCUT2D eigenvalue weighted by atomic mass is 35.5. The molecule has 1 unspecified atom stereocenters. The summed E-state index contributed by atoms with van der Waals surface area (Å²) >= 11 is 6.34. The highest BCUT2D eigenvalue weighted by molar-refractivity contribution is 6.34. The number of guanidine groups is 1. The van der Waals surface area contributed by atoms with Gasteiger partial charge in [-0.15, -0.1) is 0 Å². The van der Waals surface area contributed by atoms with Gasteiger partial charge in [0.05, 0.1) is 22.8 Å². The second-order valence-electron chi connectivity index (χ2n) is 5.53. The minimum absolute atomic E-state index is 0.0257. The minimum Gasteiger partial charge on any atom is -0.369 e. The van der Waals surface area contributed by atoms with E-state index in [-0.39, 0.29) is 5.54 Å². The highest BCUT2D eigenvalue weighted by Gasteiger charge is 2.45. The third kappa shape index (κ3) is 2.09. The lowest BCUT2D eigenvalue weighted by atomic mass is 9.88. The molecule has 19 heavy (non-hydrogen) atoms. The van der Waals surface area contributed by atoms with Gasteiger partial charge in [-0.1, -0.05) is 23.7 Å². The maximum absolute atomic E-state index is 6.34. The lowest BCUT2D eigenvalue weighted by Crippen LogP contribution is -2.60. The molecule has 2 heterocycles. The Hall–Kier alpha value is -1.26. The number of aliphatic imine (C=N–C) groups is 1. The summed E-state index contributed by atoms with van der Waals surface area (Å²) < 4.78 is 0. The van der Waals surface area contributed by atoms with Crippen LogP contribution in [0, 0.1) is 0 Å². The number of likely N-dealkylation sites (tertiary alicyclic amines) is 1. The molecule has 2 aliphatic heterocycles. The number of hydrogen-bond acceptors (Lipinski definition) is 4. The van der Waals surface area contributed by atoms with Crippen molar-refractivity contribution < 1.29 is 0 Å². The van der Waals surface area contributed by atoms with Crippen LogP contribution >= 0.6 is 11.6 Å². The predicted molar refractivity (Wildman–Crippen MR) is 79.9 cm³/mol. The van der Waals surface area contributed by atoms with E-state index in [4.69, 9.17) is 17.3 Å². The fourth-order valence-electron chi connectivity index (χ4n) is 3.27. The van der Waals surface area contributed by atoms with Crippen LogP contribution in [-0.2, 0) is 0 Å². The Morgan fingerprint density at radius 3 is 2.89 bits per heavy atom. The molecule has 0 bridgehead atoms. The number of nitrogens with two attached hydrogens (primary N) is 1. The zero-order valence-electron chi connectivity index (χ0n) is 11.1. The number of anilines is 1. The summed E-state index contributed by atoms with van der Waals surface area (Å²) in [6.45, 7) is 2.87. The van der Waals surface area contributed by atoms with Gasteiger partial charge in [-0.25, -0.2) is 0 Å². The van der Waals surface area contributed by atoms with E-state index in [1.54, 1.807) is 0 Å². The van der Waals surface area contributed by atoms with Crippen LogP contribution in [-0.4, -0.2) is 43.1 Å². The normalized spacial score (nSPS) is 27.9. The van der Waals surface area contributed by atoms with Crippen molar-refractivity contribution in [1.29, 1.82) is 0 Å². The van der Waals surface area contributed by atoms with Crippen LogP contribution < -0.4 is 10.6 Å². The zero-order chi connectivity index (χ0) is 13.5. The van der Waals surface area contributed by atoms with Gasteiger partial charge in [0.25, 0.3) is 0 Å². The van der Waals surface area contributed by atoms with Crippen molar-refractivity contribution in [3.63, 3.8) is 0 Å². The molecular weight excluding hydrogens is 260 g/mol. The average Bonchev–Trinajstić information content (AvgIpc) is 2.67. The quantitative estimate of drug-likeness (QED) is 0.854. The van der Waals surface area contributed by atoms with Gasteiger partial charge in [-0.2, -0.15) is 0 Å². The lowest BCUT2D eigenvalue weighted by molar-refractivity contribution is 0.191. The summed E-state index contributed by atoms with van der Waals surface area (Å²) in [5.74, 6) is 0.586. The van der Waals surface area contributed by atoms with E-state index in [1.807, 2.05) is 24.3 Å². The molecule has 3 rings (SSSR count). The van der Waals surface area contributed by atoms with Crippen molar-refractivity contribution in [3.8, 4) is 0 Å². The molecule has 0 aliphatic carbocycles. The topological polar surface area (TPSA) is 44.9 Å². The molecule has 0 radical (unpaired) electrons. The van der Waals surface area contributed by atoms with E-state index in [0.717, 1.165) is 36.8 Å². The molecule has 1 fully saturated rings. The van der Waals surface area contributed by atoms with E-state index >= 15 is 0 Å². The van der Waals surface area contributed by atoms with Crippen LogP contribution in [0.4, 0.5) is 5.69 Å². The van der Waals surface area contributed by atoms with Crippen molar-refractivity contribution in [2.45, 2.75) is 18.4 Å². The van der Waals surface area contributed by atoms with Crippen molar-refractivity contribution in [1.82, 2.24) is 4.90 Å². The molecule has 0 saturated carbocycles. The van der Waals surface area contributed by atoms with Crippen molar-refractivity contribution >= 4 is 23.2 Å². The number of benzene rings is 1. The van der Waals surface area contributed by atoms with E-state index in [1.165, 1.54) is 6.42 Å². The number of nitrogens with zero attached hydrogens (tertiary/aromatic N) is 3. The average molecular weight is 279 g/mol. The first-order valence-electron chi connectivity index (χ1n) is 6.66. The summed E-state index contributed by atoms with van der Waals surface area (Å²) in [6, 6.07) is 7.86. The highest BCUT2D eigenvalue weighted by Crippen LogP contribution is 2.38. The van der Waals surface area contributed by atoms with Crippen LogP contribution in [0.15, 0.2) is 29.3 Å². The molecule has 2 aliphatic rings. The van der Waals surface area contributed by atoms with Gasteiger partial charge in [0.1, 0.15) is 0 Å². The number of halogens is 1. The number of likely N-dealkylation sites (N-methyl/N-ethyl adjacent to an activating group) is 1. The largest absolute Gasteiger partial charge is 0.369 e. The first-order chi connectivity index (χ1) is 9.12. The Morgan fingerprint density at radius 2 is 2.16 bits per heavy atom. The summed E-state index contributed by atoms with van der Waals surface area (Å²) in [6.07, 6.45) is 2.27. The summed E-state index contributed by atoms with van der Waals surface area (Å²) in [5, 5.41) is 0.732. The van der Waals surface area contributed by atoms with Crippen LogP contribution in [0.2, 0.25) is 5.02 Å². The molecule has 1 aromatic carbocycles. The zero-order valence-corrected chi connectivity index (χ0v) is 11.9. The van der Waals surface area contributed by atoms with Gasteiger partial charge in [0, 0.05) is 6.54 Å².